The molecule has 3 rings (SSSR count). The standard InChI is InChI=1S/C17H22N2O2/c1-2-15(12-7-4-3-5-8-12)19-11-18-14-10-6-9-13(16(14)19)17(20)21/h6,9-12,15H,2-5,7-8H2,1H3,(H,20,21). The number of nitrogens with zero attached hydrogens (tertiary/aromatic N) is 2. The van der Waals surface area contributed by atoms with E-state index in [9.17, 15) is 9.90 Å². The van der Waals surface area contributed by atoms with Crippen LogP contribution in [0, 0.1) is 5.92 Å². The molecule has 0 aliphatic heterocycles. The van der Waals surface area contributed by atoms with Gasteiger partial charge >= 0.3 is 5.97 Å². The Bertz CT molecular complexity index is 641. The Morgan fingerprint density at radius 1 is 1.38 bits per heavy atom. The van der Waals surface area contributed by atoms with Gasteiger partial charge in [-0.1, -0.05) is 32.3 Å². The summed E-state index contributed by atoms with van der Waals surface area (Å²) in [5.74, 6) is -0.233. The van der Waals surface area contributed by atoms with Crippen molar-refractivity contribution in [1.82, 2.24) is 9.55 Å². The largest absolute Gasteiger partial charge is 0.478 e. The fourth-order valence-electron chi connectivity index (χ4n) is 3.79. The number of para-hydroxylation sites is 1. The Labute approximate surface area is 124 Å². The van der Waals surface area contributed by atoms with Crippen molar-refractivity contribution in [2.75, 3.05) is 0 Å². The summed E-state index contributed by atoms with van der Waals surface area (Å²) in [6.07, 6.45) is 9.25. The van der Waals surface area contributed by atoms with E-state index in [1.54, 1.807) is 12.1 Å². The van der Waals surface area contributed by atoms with Crippen LogP contribution in [0.4, 0.5) is 0 Å². The van der Waals surface area contributed by atoms with Gasteiger partial charge in [0, 0.05) is 6.04 Å². The van der Waals surface area contributed by atoms with Gasteiger partial charge in [0.2, 0.25) is 0 Å². The van der Waals surface area contributed by atoms with Crippen molar-refractivity contribution in [2.45, 2.75) is 51.5 Å². The summed E-state index contributed by atoms with van der Waals surface area (Å²) in [5, 5.41) is 9.45. The highest BCUT2D eigenvalue weighted by molar-refractivity contribution is 6.01. The molecule has 1 atom stereocenters. The molecule has 1 unspecified atom stereocenters. The minimum Gasteiger partial charge on any atom is -0.478 e. The molecular formula is C17H22N2O2. The van der Waals surface area contributed by atoms with Gasteiger partial charge in [0.25, 0.3) is 0 Å². The van der Waals surface area contributed by atoms with Crippen LogP contribution < -0.4 is 0 Å². The molecule has 0 amide bonds. The SMILES string of the molecule is CCC(C1CCCCC1)n1cnc2cccc(C(=O)O)c21. The zero-order valence-corrected chi connectivity index (χ0v) is 12.5. The second kappa shape index (κ2) is 5.88. The van der Waals surface area contributed by atoms with Crippen molar-refractivity contribution in [3.63, 3.8) is 0 Å². The Balaban J connectivity index is 2.07. The predicted molar refractivity (Wildman–Crippen MR) is 82.6 cm³/mol. The summed E-state index contributed by atoms with van der Waals surface area (Å²) in [6.45, 7) is 2.19. The molecule has 1 N–H and O–H groups in total. The summed E-state index contributed by atoms with van der Waals surface area (Å²) >= 11 is 0. The molecule has 0 saturated heterocycles. The summed E-state index contributed by atoms with van der Waals surface area (Å²) in [6, 6.07) is 5.70. The third-order valence-electron chi connectivity index (χ3n) is 4.79. The fourth-order valence-corrected chi connectivity index (χ4v) is 3.79. The van der Waals surface area contributed by atoms with Crippen LogP contribution in [-0.2, 0) is 0 Å². The first-order chi connectivity index (χ1) is 10.2. The number of carboxylic acids is 1. The molecule has 1 aromatic carbocycles. The first kappa shape index (κ1) is 14.1. The average molecular weight is 286 g/mol. The number of aromatic nitrogens is 2. The summed E-state index contributed by atoms with van der Waals surface area (Å²) in [4.78, 5) is 15.9. The Morgan fingerprint density at radius 3 is 2.81 bits per heavy atom. The lowest BCUT2D eigenvalue weighted by atomic mass is 9.82. The number of carbonyl (C=O) groups is 1. The highest BCUT2D eigenvalue weighted by atomic mass is 16.4. The molecule has 21 heavy (non-hydrogen) atoms. The summed E-state index contributed by atoms with van der Waals surface area (Å²) < 4.78 is 2.12. The van der Waals surface area contributed by atoms with Gasteiger partial charge in [0.15, 0.2) is 0 Å². The van der Waals surface area contributed by atoms with E-state index in [-0.39, 0.29) is 0 Å². The second-order valence-electron chi connectivity index (χ2n) is 6.00. The molecule has 112 valence electrons. The molecular weight excluding hydrogens is 264 g/mol. The van der Waals surface area contributed by atoms with Gasteiger partial charge in [-0.3, -0.25) is 0 Å². The summed E-state index contributed by atoms with van der Waals surface area (Å²) in [5.41, 5.74) is 1.92. The highest BCUT2D eigenvalue weighted by Gasteiger charge is 2.26. The Kier molecular flexibility index (Phi) is 3.95. The average Bonchev–Trinajstić information content (AvgIpc) is 2.93. The van der Waals surface area contributed by atoms with Gasteiger partial charge < -0.3 is 9.67 Å². The van der Waals surface area contributed by atoms with Crippen LogP contribution >= 0.6 is 0 Å². The number of hydrogen-bond donors (Lipinski definition) is 1. The minimum atomic E-state index is -0.874. The van der Waals surface area contributed by atoms with Crippen molar-refractivity contribution in [2.24, 2.45) is 5.92 Å². The van der Waals surface area contributed by atoms with Gasteiger partial charge in [-0.05, 0) is 37.3 Å². The third-order valence-corrected chi connectivity index (χ3v) is 4.79. The smallest absolute Gasteiger partial charge is 0.337 e. The van der Waals surface area contributed by atoms with Gasteiger partial charge in [-0.15, -0.1) is 0 Å². The molecule has 0 bridgehead atoms. The number of aromatic carboxylic acids is 1. The van der Waals surface area contributed by atoms with E-state index < -0.39 is 5.97 Å². The maximum atomic E-state index is 11.5. The van der Waals surface area contributed by atoms with E-state index in [0.29, 0.717) is 17.5 Å². The van der Waals surface area contributed by atoms with E-state index >= 15 is 0 Å². The normalized spacial score (nSPS) is 18.0. The highest BCUT2D eigenvalue weighted by Crippen LogP contribution is 2.36. The fraction of sp³-hybridized carbons (Fsp3) is 0.529. The molecule has 4 heteroatoms. The molecule has 1 saturated carbocycles. The van der Waals surface area contributed by atoms with Crippen LogP contribution in [0.15, 0.2) is 24.5 Å². The van der Waals surface area contributed by atoms with Crippen molar-refractivity contribution < 1.29 is 9.90 Å². The maximum Gasteiger partial charge on any atom is 0.337 e. The molecule has 1 fully saturated rings. The monoisotopic (exact) mass is 286 g/mol. The quantitative estimate of drug-likeness (QED) is 0.913. The predicted octanol–water partition coefficient (Wildman–Crippen LogP) is 4.27. The number of hydrogen-bond acceptors (Lipinski definition) is 2. The van der Waals surface area contributed by atoms with E-state index in [4.69, 9.17) is 0 Å². The van der Waals surface area contributed by atoms with Crippen LogP contribution in [0.1, 0.15) is 61.8 Å². The van der Waals surface area contributed by atoms with E-state index in [0.717, 1.165) is 17.5 Å². The topological polar surface area (TPSA) is 55.1 Å². The van der Waals surface area contributed by atoms with Crippen molar-refractivity contribution >= 4 is 17.0 Å². The third kappa shape index (κ3) is 2.55. The van der Waals surface area contributed by atoms with Crippen LogP contribution in [0.25, 0.3) is 11.0 Å². The molecule has 0 radical (unpaired) electrons. The van der Waals surface area contributed by atoms with Crippen LogP contribution in [0.5, 0.6) is 0 Å². The van der Waals surface area contributed by atoms with Gasteiger partial charge in [0.05, 0.1) is 22.9 Å². The molecule has 0 spiro atoms. The van der Waals surface area contributed by atoms with Gasteiger partial charge in [-0.25, -0.2) is 9.78 Å². The van der Waals surface area contributed by atoms with E-state index in [1.807, 2.05) is 12.4 Å². The lowest BCUT2D eigenvalue weighted by Gasteiger charge is -2.31. The summed E-state index contributed by atoms with van der Waals surface area (Å²) in [7, 11) is 0. The molecule has 2 aromatic rings. The minimum absolute atomic E-state index is 0.357. The number of fused-ring (bicyclic) bond motifs is 1. The van der Waals surface area contributed by atoms with E-state index in [2.05, 4.69) is 16.5 Å². The maximum absolute atomic E-state index is 11.5. The van der Waals surface area contributed by atoms with Crippen LogP contribution in [0.2, 0.25) is 0 Å². The second-order valence-corrected chi connectivity index (χ2v) is 6.00. The zero-order valence-electron chi connectivity index (χ0n) is 12.5. The number of rotatable bonds is 4. The number of benzene rings is 1. The first-order valence-electron chi connectivity index (χ1n) is 7.91. The lowest BCUT2D eigenvalue weighted by molar-refractivity contribution is 0.0698. The van der Waals surface area contributed by atoms with E-state index in [1.165, 1.54) is 32.1 Å². The molecule has 1 aliphatic carbocycles. The first-order valence-corrected chi connectivity index (χ1v) is 7.91. The van der Waals surface area contributed by atoms with Crippen LogP contribution in [0.3, 0.4) is 0 Å². The zero-order chi connectivity index (χ0) is 14.8. The van der Waals surface area contributed by atoms with Gasteiger partial charge in [0.1, 0.15) is 0 Å². The Hall–Kier alpha value is -1.84. The number of imidazole rings is 1. The van der Waals surface area contributed by atoms with Gasteiger partial charge in [-0.2, -0.15) is 0 Å². The lowest BCUT2D eigenvalue weighted by Crippen LogP contribution is -2.21. The molecule has 1 aliphatic rings. The van der Waals surface area contributed by atoms with Crippen molar-refractivity contribution in [3.8, 4) is 0 Å². The Morgan fingerprint density at radius 2 is 2.14 bits per heavy atom. The molecule has 4 nitrogen and oxygen atoms in total. The van der Waals surface area contributed by atoms with Crippen molar-refractivity contribution in [3.05, 3.63) is 30.1 Å². The number of carboxylic acid groups (broad SMARTS) is 1. The van der Waals surface area contributed by atoms with Crippen molar-refractivity contribution in [1.29, 1.82) is 0 Å². The molecule has 1 heterocycles. The van der Waals surface area contributed by atoms with Crippen LogP contribution in [-0.4, -0.2) is 20.6 Å². The molecule has 1 aromatic heterocycles.